The zero-order valence-electron chi connectivity index (χ0n) is 27.3. The molecular formula is C33H42N6O11. The molecule has 8 N–H and O–H groups in total. The first-order chi connectivity index (χ1) is 23.9. The summed E-state index contributed by atoms with van der Waals surface area (Å²) < 4.78 is 4.48. The summed E-state index contributed by atoms with van der Waals surface area (Å²) in [6.45, 7) is -1.04. The van der Waals surface area contributed by atoms with E-state index in [1.807, 2.05) is 0 Å². The van der Waals surface area contributed by atoms with Gasteiger partial charge in [-0.1, -0.05) is 48.9 Å². The molecule has 0 saturated heterocycles. The maximum Gasteiger partial charge on any atom is 0.506 e. The molecule has 17 heteroatoms. The van der Waals surface area contributed by atoms with Gasteiger partial charge in [-0.3, -0.25) is 33.6 Å². The normalized spacial score (nSPS) is 10.9. The maximum atomic E-state index is 13.0. The Morgan fingerprint density at radius 3 is 1.92 bits per heavy atom. The third kappa shape index (κ3) is 18.4. The monoisotopic (exact) mass is 698 g/mol. The van der Waals surface area contributed by atoms with Crippen LogP contribution < -0.4 is 31.9 Å². The molecule has 2 aromatic rings. The van der Waals surface area contributed by atoms with Gasteiger partial charge in [0.2, 0.25) is 35.4 Å². The number of rotatable bonds is 22. The highest BCUT2D eigenvalue weighted by atomic mass is 16.7. The van der Waals surface area contributed by atoms with Gasteiger partial charge in [0.15, 0.2) is 0 Å². The van der Waals surface area contributed by atoms with Crippen LogP contribution >= 0.6 is 0 Å². The molecule has 2 rings (SSSR count). The van der Waals surface area contributed by atoms with Crippen molar-refractivity contribution in [3.05, 3.63) is 65.7 Å². The Kier molecular flexibility index (Phi) is 18.1. The second kappa shape index (κ2) is 22.5. The number of unbranched alkanes of at least 4 members (excludes halogenated alkanes) is 2. The SMILES string of the molecule is O=C(O)CCC(=O)NCCCCCC(=O)NCC(=O)NCC(=O)NC(Cc1ccccc1)C(=O)NCC(=O)Nc1ccc(COC(=O)O)cc1. The first-order valence-corrected chi connectivity index (χ1v) is 15.8. The van der Waals surface area contributed by atoms with Crippen molar-refractivity contribution >= 4 is 53.3 Å². The largest absolute Gasteiger partial charge is 0.506 e. The van der Waals surface area contributed by atoms with Crippen molar-refractivity contribution in [3.8, 4) is 0 Å². The van der Waals surface area contributed by atoms with Gasteiger partial charge in [-0.25, -0.2) is 4.79 Å². The standard InChI is InChI=1S/C33H42N6O11/c40-26(9-5-2-6-16-34-27(41)14-15-31(45)46)35-18-28(42)36-19-30(44)39-25(17-22-7-3-1-4-8-22)32(47)37-20-29(43)38-24-12-10-23(11-13-24)21-50-33(48)49/h1,3-4,7-8,10-13,25H,2,5-6,9,14-21H2,(H,34,41)(H,35,40)(H,36,42)(H,37,47)(H,38,43)(H,39,44)(H,45,46)(H,48,49). The number of carbonyl (C=O) groups excluding carboxylic acids is 6. The number of nitrogens with one attached hydrogen (secondary N) is 6. The van der Waals surface area contributed by atoms with E-state index in [2.05, 4.69) is 36.6 Å². The van der Waals surface area contributed by atoms with E-state index in [1.54, 1.807) is 54.6 Å². The van der Waals surface area contributed by atoms with E-state index in [4.69, 9.17) is 10.2 Å². The van der Waals surface area contributed by atoms with Crippen LogP contribution in [0.25, 0.3) is 0 Å². The average Bonchev–Trinajstić information content (AvgIpc) is 3.09. The Balaban J connectivity index is 1.73. The van der Waals surface area contributed by atoms with E-state index >= 15 is 0 Å². The summed E-state index contributed by atoms with van der Waals surface area (Å²) in [5, 5.41) is 32.2. The number of hydrogen-bond acceptors (Lipinski definition) is 9. The number of anilines is 1. The second-order valence-corrected chi connectivity index (χ2v) is 10.9. The highest BCUT2D eigenvalue weighted by molar-refractivity contribution is 5.96. The van der Waals surface area contributed by atoms with Crippen molar-refractivity contribution in [1.82, 2.24) is 26.6 Å². The third-order valence-electron chi connectivity index (χ3n) is 6.82. The van der Waals surface area contributed by atoms with Gasteiger partial charge in [0.1, 0.15) is 12.6 Å². The van der Waals surface area contributed by atoms with Gasteiger partial charge in [0.05, 0.1) is 26.1 Å². The van der Waals surface area contributed by atoms with E-state index in [0.29, 0.717) is 37.1 Å². The van der Waals surface area contributed by atoms with Crippen molar-refractivity contribution in [2.75, 3.05) is 31.5 Å². The van der Waals surface area contributed by atoms with Gasteiger partial charge in [-0.15, -0.1) is 0 Å². The van der Waals surface area contributed by atoms with Crippen molar-refractivity contribution in [3.63, 3.8) is 0 Å². The lowest BCUT2D eigenvalue weighted by molar-refractivity contribution is -0.138. The van der Waals surface area contributed by atoms with Gasteiger partial charge in [-0.2, -0.15) is 0 Å². The Morgan fingerprint density at radius 1 is 0.600 bits per heavy atom. The molecule has 17 nitrogen and oxygen atoms in total. The summed E-state index contributed by atoms with van der Waals surface area (Å²) in [5.74, 6) is -4.27. The van der Waals surface area contributed by atoms with Crippen LogP contribution in [0.3, 0.4) is 0 Å². The van der Waals surface area contributed by atoms with Crippen LogP contribution in [0, 0.1) is 0 Å². The molecule has 0 aromatic heterocycles. The number of ether oxygens (including phenoxy) is 1. The van der Waals surface area contributed by atoms with E-state index < -0.39 is 54.9 Å². The molecule has 0 fully saturated rings. The summed E-state index contributed by atoms with van der Waals surface area (Å²) in [5.41, 5.74) is 1.70. The first kappa shape index (κ1) is 40.2. The summed E-state index contributed by atoms with van der Waals surface area (Å²) in [6.07, 6.45) is 0.227. The molecule has 270 valence electrons. The minimum Gasteiger partial charge on any atom is -0.481 e. The zero-order valence-corrected chi connectivity index (χ0v) is 27.3. The van der Waals surface area contributed by atoms with Crippen LogP contribution in [0.1, 0.15) is 49.7 Å². The molecule has 6 amide bonds. The average molecular weight is 699 g/mol. The van der Waals surface area contributed by atoms with Crippen LogP contribution in [0.15, 0.2) is 54.6 Å². The van der Waals surface area contributed by atoms with Crippen LogP contribution in [0.2, 0.25) is 0 Å². The zero-order chi connectivity index (χ0) is 36.7. The van der Waals surface area contributed by atoms with E-state index in [-0.39, 0.29) is 50.6 Å². The van der Waals surface area contributed by atoms with Gasteiger partial charge < -0.3 is 46.9 Å². The molecule has 0 bridgehead atoms. The van der Waals surface area contributed by atoms with Crippen molar-refractivity contribution in [2.45, 2.75) is 57.6 Å². The van der Waals surface area contributed by atoms with Gasteiger partial charge in [0, 0.05) is 31.5 Å². The van der Waals surface area contributed by atoms with Crippen LogP contribution in [0.5, 0.6) is 0 Å². The summed E-state index contributed by atoms with van der Waals surface area (Å²) >= 11 is 0. The molecule has 0 radical (unpaired) electrons. The predicted octanol–water partition coefficient (Wildman–Crippen LogP) is 0.437. The number of carboxylic acids is 1. The smallest absolute Gasteiger partial charge is 0.481 e. The molecular weight excluding hydrogens is 656 g/mol. The fraction of sp³-hybridized carbons (Fsp3) is 0.394. The van der Waals surface area contributed by atoms with E-state index in [9.17, 15) is 38.4 Å². The minimum atomic E-state index is -1.41. The Morgan fingerprint density at radius 2 is 1.24 bits per heavy atom. The Hall–Kier alpha value is -6.00. The van der Waals surface area contributed by atoms with E-state index in [1.165, 1.54) is 0 Å². The fourth-order valence-electron chi connectivity index (χ4n) is 4.26. The predicted molar refractivity (Wildman–Crippen MR) is 177 cm³/mol. The number of amides is 6. The summed E-state index contributed by atoms with van der Waals surface area (Å²) in [7, 11) is 0. The Labute approximate surface area is 287 Å². The van der Waals surface area contributed by atoms with E-state index in [0.717, 1.165) is 5.56 Å². The van der Waals surface area contributed by atoms with Gasteiger partial charge >= 0.3 is 12.1 Å². The molecule has 2 aromatic carbocycles. The highest BCUT2D eigenvalue weighted by Gasteiger charge is 2.22. The third-order valence-corrected chi connectivity index (χ3v) is 6.82. The molecule has 0 aliphatic heterocycles. The lowest BCUT2D eigenvalue weighted by atomic mass is 10.1. The molecule has 0 saturated carbocycles. The molecule has 0 aliphatic rings. The number of hydrogen-bond donors (Lipinski definition) is 8. The molecule has 0 heterocycles. The number of benzene rings is 2. The first-order valence-electron chi connectivity index (χ1n) is 15.8. The molecule has 50 heavy (non-hydrogen) atoms. The van der Waals surface area contributed by atoms with Crippen molar-refractivity contribution < 1.29 is 53.3 Å². The molecule has 1 atom stereocenters. The molecule has 0 aliphatic carbocycles. The quantitative estimate of drug-likeness (QED) is 0.0618. The molecule has 0 spiro atoms. The van der Waals surface area contributed by atoms with Gasteiger partial charge in [-0.05, 0) is 36.1 Å². The number of carboxylic acid groups (broad SMARTS) is 2. The number of aliphatic carboxylic acids is 1. The minimum absolute atomic E-state index is 0.0960. The van der Waals surface area contributed by atoms with Crippen molar-refractivity contribution in [1.29, 1.82) is 0 Å². The maximum absolute atomic E-state index is 13.0. The summed E-state index contributed by atoms with van der Waals surface area (Å²) in [4.78, 5) is 94.8. The van der Waals surface area contributed by atoms with Crippen LogP contribution in [0.4, 0.5) is 10.5 Å². The number of carbonyl (C=O) groups is 8. The summed E-state index contributed by atoms with van der Waals surface area (Å²) in [6, 6.07) is 14.0. The van der Waals surface area contributed by atoms with Crippen molar-refractivity contribution in [2.24, 2.45) is 0 Å². The van der Waals surface area contributed by atoms with Crippen LogP contribution in [-0.2, 0) is 51.3 Å². The van der Waals surface area contributed by atoms with Crippen LogP contribution in [-0.4, -0.2) is 90.0 Å². The topological polar surface area (TPSA) is 258 Å². The lowest BCUT2D eigenvalue weighted by Crippen LogP contribution is -2.52. The molecule has 1 unspecified atom stereocenters. The van der Waals surface area contributed by atoms with Gasteiger partial charge in [0.25, 0.3) is 0 Å². The highest BCUT2D eigenvalue weighted by Crippen LogP contribution is 2.10. The fourth-order valence-corrected chi connectivity index (χ4v) is 4.26. The lowest BCUT2D eigenvalue weighted by Gasteiger charge is -2.19. The second-order valence-electron chi connectivity index (χ2n) is 10.9. The Bertz CT molecular complexity index is 1470.